The molecule has 2 aromatic rings. The van der Waals surface area contributed by atoms with Gasteiger partial charge >= 0.3 is 6.09 Å². The average molecular weight is 441 g/mol. The summed E-state index contributed by atoms with van der Waals surface area (Å²) in [5.74, 6) is -0.262. The summed E-state index contributed by atoms with van der Waals surface area (Å²) in [6.45, 7) is 5.49. The van der Waals surface area contributed by atoms with Crippen LogP contribution in [0.5, 0.6) is 5.75 Å². The van der Waals surface area contributed by atoms with E-state index in [0.29, 0.717) is 23.5 Å². The molecule has 1 atom stereocenters. The number of carbonyl (C=O) groups excluding carboxylic acids is 3. The lowest BCUT2D eigenvalue weighted by atomic mass is 10.1. The van der Waals surface area contributed by atoms with Crippen LogP contribution in [-0.2, 0) is 25.7 Å². The maximum atomic E-state index is 13.9. The fourth-order valence-electron chi connectivity index (χ4n) is 3.84. The molecule has 1 saturated heterocycles. The monoisotopic (exact) mass is 440 g/mol. The van der Waals surface area contributed by atoms with Crippen LogP contribution < -0.4 is 9.64 Å². The first-order valence-electron chi connectivity index (χ1n) is 9.92. The number of amides is 3. The van der Waals surface area contributed by atoms with E-state index in [1.807, 2.05) is 30.3 Å². The summed E-state index contributed by atoms with van der Waals surface area (Å²) in [5, 5.41) is 0. The first kappa shape index (κ1) is 21.2. The van der Waals surface area contributed by atoms with Crippen LogP contribution in [0.1, 0.15) is 31.9 Å². The average Bonchev–Trinajstić information content (AvgIpc) is 3.18. The van der Waals surface area contributed by atoms with Gasteiger partial charge in [-0.2, -0.15) is 0 Å². The van der Waals surface area contributed by atoms with E-state index in [-0.39, 0.29) is 11.7 Å². The van der Waals surface area contributed by atoms with Gasteiger partial charge in [-0.1, -0.05) is 30.3 Å². The minimum Gasteiger partial charge on any atom is -0.497 e. The van der Waals surface area contributed by atoms with Gasteiger partial charge in [-0.3, -0.25) is 9.59 Å². The van der Waals surface area contributed by atoms with E-state index in [1.54, 1.807) is 43.9 Å². The van der Waals surface area contributed by atoms with E-state index in [4.69, 9.17) is 9.47 Å². The van der Waals surface area contributed by atoms with Crippen LogP contribution >= 0.6 is 11.8 Å². The highest BCUT2D eigenvalue weighted by atomic mass is 32.2. The number of ether oxygens (including phenoxy) is 2. The lowest BCUT2D eigenvalue weighted by molar-refractivity contribution is -0.136. The number of fused-ring (bicyclic) bond motifs is 2. The van der Waals surface area contributed by atoms with Gasteiger partial charge in [0.25, 0.3) is 5.91 Å². The minimum atomic E-state index is -1.52. The summed E-state index contributed by atoms with van der Waals surface area (Å²) >= 11 is 1.14. The number of hydrogen-bond donors (Lipinski definition) is 0. The first-order chi connectivity index (χ1) is 14.7. The van der Waals surface area contributed by atoms with Gasteiger partial charge in [0, 0.05) is 5.56 Å². The number of rotatable bonds is 3. The molecule has 7 nitrogen and oxygen atoms in total. The summed E-state index contributed by atoms with van der Waals surface area (Å²) in [6.07, 6.45) is -0.828. The summed E-state index contributed by atoms with van der Waals surface area (Å²) in [4.78, 5) is 40.9. The van der Waals surface area contributed by atoms with Crippen molar-refractivity contribution in [3.63, 3.8) is 0 Å². The van der Waals surface area contributed by atoms with Crippen molar-refractivity contribution in [2.24, 2.45) is 0 Å². The van der Waals surface area contributed by atoms with Gasteiger partial charge in [0.15, 0.2) is 0 Å². The van der Waals surface area contributed by atoms with Crippen molar-refractivity contribution >= 4 is 35.4 Å². The van der Waals surface area contributed by atoms with Crippen molar-refractivity contribution in [2.45, 2.75) is 37.8 Å². The summed E-state index contributed by atoms with van der Waals surface area (Å²) < 4.78 is 10.9. The Labute approximate surface area is 185 Å². The maximum absolute atomic E-state index is 13.9. The van der Waals surface area contributed by atoms with Gasteiger partial charge < -0.3 is 14.4 Å². The molecule has 0 bridgehead atoms. The molecule has 0 aromatic heterocycles. The number of anilines is 1. The van der Waals surface area contributed by atoms with Crippen LogP contribution in [0.2, 0.25) is 0 Å². The molecule has 8 heteroatoms. The molecule has 2 heterocycles. The molecule has 2 aliphatic heterocycles. The van der Waals surface area contributed by atoms with Gasteiger partial charge in [-0.25, -0.2) is 9.69 Å². The van der Waals surface area contributed by atoms with E-state index in [0.717, 1.165) is 22.2 Å². The third-order valence-electron chi connectivity index (χ3n) is 5.12. The molecule has 0 radical (unpaired) electrons. The SMILES string of the molecule is COc1ccc2c(c1)[C@@]1(SCC(=O)N1C(=O)OC(C)(C)C)C(=O)N2Cc1ccccc1. The molecule has 4 rings (SSSR count). The molecule has 2 aliphatic rings. The number of benzene rings is 2. The predicted octanol–water partition coefficient (Wildman–Crippen LogP) is 3.91. The van der Waals surface area contributed by atoms with E-state index in [2.05, 4.69) is 0 Å². The van der Waals surface area contributed by atoms with Crippen LogP contribution in [0, 0.1) is 0 Å². The topological polar surface area (TPSA) is 76.1 Å². The minimum absolute atomic E-state index is 0.000803. The summed E-state index contributed by atoms with van der Waals surface area (Å²) in [7, 11) is 1.53. The van der Waals surface area contributed by atoms with E-state index < -0.39 is 22.5 Å². The molecule has 0 N–H and O–H groups in total. The smallest absolute Gasteiger partial charge is 0.419 e. The first-order valence-corrected chi connectivity index (χ1v) is 10.9. The summed E-state index contributed by atoms with van der Waals surface area (Å²) in [5.41, 5.74) is 1.32. The number of thioether (sulfide) groups is 1. The van der Waals surface area contributed by atoms with E-state index in [9.17, 15) is 14.4 Å². The van der Waals surface area contributed by atoms with Crippen molar-refractivity contribution in [1.82, 2.24) is 4.90 Å². The Kier molecular flexibility index (Phi) is 5.21. The molecule has 0 aliphatic carbocycles. The van der Waals surface area contributed by atoms with Crippen LogP contribution in [0.15, 0.2) is 48.5 Å². The maximum Gasteiger partial charge on any atom is 0.419 e. The van der Waals surface area contributed by atoms with Gasteiger partial charge in [0.1, 0.15) is 11.4 Å². The Bertz CT molecular complexity index is 1050. The molecular weight excluding hydrogens is 416 g/mol. The van der Waals surface area contributed by atoms with Gasteiger partial charge in [0.05, 0.1) is 25.1 Å². The Balaban J connectivity index is 1.84. The molecule has 2 aromatic carbocycles. The molecular formula is C23H24N2O5S. The predicted molar refractivity (Wildman–Crippen MR) is 118 cm³/mol. The van der Waals surface area contributed by atoms with Crippen molar-refractivity contribution in [1.29, 1.82) is 0 Å². The Morgan fingerprint density at radius 1 is 1.13 bits per heavy atom. The third kappa shape index (κ3) is 3.54. The number of hydrogen-bond acceptors (Lipinski definition) is 6. The van der Waals surface area contributed by atoms with E-state index in [1.165, 1.54) is 7.11 Å². The second kappa shape index (κ2) is 7.60. The van der Waals surface area contributed by atoms with Crippen molar-refractivity contribution in [3.05, 3.63) is 59.7 Å². The number of imide groups is 1. The molecule has 0 saturated carbocycles. The van der Waals surface area contributed by atoms with Crippen molar-refractivity contribution in [2.75, 3.05) is 17.8 Å². The zero-order valence-corrected chi connectivity index (χ0v) is 18.7. The second-order valence-corrected chi connectivity index (χ2v) is 9.57. The van der Waals surface area contributed by atoms with Crippen LogP contribution in [0.4, 0.5) is 10.5 Å². The van der Waals surface area contributed by atoms with Crippen molar-refractivity contribution in [3.8, 4) is 5.75 Å². The lowest BCUT2D eigenvalue weighted by Crippen LogP contribution is -2.53. The Hall–Kier alpha value is -3.00. The highest BCUT2D eigenvalue weighted by Gasteiger charge is 2.63. The normalized spacial score (nSPS) is 20.4. The highest BCUT2D eigenvalue weighted by molar-refractivity contribution is 8.02. The fraction of sp³-hybridized carbons (Fsp3) is 0.348. The zero-order chi connectivity index (χ0) is 22.4. The number of methoxy groups -OCH3 is 1. The van der Waals surface area contributed by atoms with Gasteiger partial charge in [0.2, 0.25) is 10.8 Å². The molecule has 1 spiro atoms. The molecule has 1 fully saturated rings. The lowest BCUT2D eigenvalue weighted by Gasteiger charge is -2.33. The quantitative estimate of drug-likeness (QED) is 0.720. The zero-order valence-electron chi connectivity index (χ0n) is 17.9. The largest absolute Gasteiger partial charge is 0.497 e. The number of carbonyl (C=O) groups is 3. The highest BCUT2D eigenvalue weighted by Crippen LogP contribution is 2.55. The number of nitrogens with zero attached hydrogens (tertiary/aromatic N) is 2. The standard InChI is InChI=1S/C23H24N2O5S/c1-22(2,3)30-21(28)25-19(26)14-31-23(25)17-12-16(29-4)10-11-18(17)24(20(23)27)13-15-8-6-5-7-9-15/h5-12H,13-14H2,1-4H3/t23-/m1/s1. The fourth-order valence-corrected chi connectivity index (χ4v) is 5.16. The van der Waals surface area contributed by atoms with Crippen LogP contribution in [0.25, 0.3) is 0 Å². The Morgan fingerprint density at radius 2 is 1.84 bits per heavy atom. The Morgan fingerprint density at radius 3 is 2.48 bits per heavy atom. The summed E-state index contributed by atoms with van der Waals surface area (Å²) in [6, 6.07) is 14.9. The van der Waals surface area contributed by atoms with Crippen LogP contribution in [-0.4, -0.2) is 41.3 Å². The second-order valence-electron chi connectivity index (χ2n) is 8.40. The molecule has 0 unspecified atom stereocenters. The van der Waals surface area contributed by atoms with Crippen LogP contribution in [0.3, 0.4) is 0 Å². The molecule has 162 valence electrons. The van der Waals surface area contributed by atoms with Gasteiger partial charge in [-0.05, 0) is 44.5 Å². The molecule has 31 heavy (non-hydrogen) atoms. The van der Waals surface area contributed by atoms with E-state index >= 15 is 0 Å². The van der Waals surface area contributed by atoms with Crippen molar-refractivity contribution < 1.29 is 23.9 Å². The van der Waals surface area contributed by atoms with Gasteiger partial charge in [-0.15, -0.1) is 11.8 Å². The third-order valence-corrected chi connectivity index (χ3v) is 6.51. The molecule has 3 amide bonds.